The Labute approximate surface area is 177 Å². The Morgan fingerprint density at radius 1 is 1.03 bits per heavy atom. The van der Waals surface area contributed by atoms with E-state index in [4.69, 9.17) is 4.74 Å². The third-order valence-electron chi connectivity index (χ3n) is 6.22. The lowest BCUT2D eigenvalue weighted by Gasteiger charge is -2.28. The molecule has 158 valence electrons. The van der Waals surface area contributed by atoms with E-state index in [1.807, 2.05) is 24.3 Å². The molecule has 0 saturated carbocycles. The van der Waals surface area contributed by atoms with Crippen molar-refractivity contribution < 1.29 is 19.4 Å². The van der Waals surface area contributed by atoms with Gasteiger partial charge in [0.25, 0.3) is 0 Å². The van der Waals surface area contributed by atoms with Crippen molar-refractivity contribution in [1.82, 2.24) is 4.90 Å². The van der Waals surface area contributed by atoms with Crippen molar-refractivity contribution in [2.75, 3.05) is 13.2 Å². The third kappa shape index (κ3) is 3.81. The highest BCUT2D eigenvalue weighted by atomic mass is 16.6. The maximum atomic E-state index is 12.9. The molecule has 0 radical (unpaired) electrons. The number of amides is 1. The van der Waals surface area contributed by atoms with Gasteiger partial charge in [0, 0.05) is 12.5 Å². The number of carboxylic acid groups (broad SMARTS) is 1. The summed E-state index contributed by atoms with van der Waals surface area (Å²) in [4.78, 5) is 26.3. The number of ether oxygens (including phenoxy) is 1. The zero-order valence-electron chi connectivity index (χ0n) is 17.8. The minimum atomic E-state index is -0.949. The summed E-state index contributed by atoms with van der Waals surface area (Å²) in [5.41, 5.74) is 4.64. The number of carbonyl (C=O) groups excluding carboxylic acids is 1. The Morgan fingerprint density at radius 2 is 1.60 bits per heavy atom. The van der Waals surface area contributed by atoms with E-state index in [2.05, 4.69) is 45.0 Å². The minimum absolute atomic E-state index is 0.00947. The number of carboxylic acids is 1. The summed E-state index contributed by atoms with van der Waals surface area (Å²) < 4.78 is 5.71. The first kappa shape index (κ1) is 20.5. The maximum absolute atomic E-state index is 12.9. The van der Waals surface area contributed by atoms with Crippen molar-refractivity contribution in [3.63, 3.8) is 0 Å². The van der Waals surface area contributed by atoms with E-state index in [1.165, 1.54) is 16.0 Å². The van der Waals surface area contributed by atoms with Crippen LogP contribution in [0.5, 0.6) is 0 Å². The van der Waals surface area contributed by atoms with Crippen LogP contribution >= 0.6 is 0 Å². The molecule has 1 amide bonds. The number of rotatable bonds is 4. The Balaban J connectivity index is 1.49. The van der Waals surface area contributed by atoms with Gasteiger partial charge >= 0.3 is 12.1 Å². The summed E-state index contributed by atoms with van der Waals surface area (Å²) in [5.74, 6) is -1.03. The fraction of sp³-hybridized carbons (Fsp3) is 0.440. The summed E-state index contributed by atoms with van der Waals surface area (Å²) in [6, 6.07) is 15.5. The van der Waals surface area contributed by atoms with Crippen LogP contribution in [0, 0.1) is 11.3 Å². The van der Waals surface area contributed by atoms with Crippen LogP contribution in [0.3, 0.4) is 0 Å². The predicted molar refractivity (Wildman–Crippen MR) is 115 cm³/mol. The number of hydrogen-bond donors (Lipinski definition) is 1. The van der Waals surface area contributed by atoms with Crippen molar-refractivity contribution in [3.8, 4) is 11.1 Å². The van der Waals surface area contributed by atoms with Gasteiger partial charge in [0.1, 0.15) is 12.6 Å². The van der Waals surface area contributed by atoms with E-state index < -0.39 is 18.1 Å². The zero-order chi connectivity index (χ0) is 21.5. The van der Waals surface area contributed by atoms with Gasteiger partial charge in [0.05, 0.1) is 0 Å². The van der Waals surface area contributed by atoms with Crippen LogP contribution < -0.4 is 0 Å². The van der Waals surface area contributed by atoms with Crippen molar-refractivity contribution in [1.29, 1.82) is 0 Å². The molecule has 5 heteroatoms. The lowest BCUT2D eigenvalue weighted by molar-refractivity contribution is -0.143. The molecule has 1 aliphatic carbocycles. The first-order chi connectivity index (χ1) is 14.3. The van der Waals surface area contributed by atoms with E-state index in [-0.39, 0.29) is 23.9 Å². The predicted octanol–water partition coefficient (Wildman–Crippen LogP) is 5.15. The average Bonchev–Trinajstić information content (AvgIpc) is 3.24. The topological polar surface area (TPSA) is 66.8 Å². The monoisotopic (exact) mass is 407 g/mol. The minimum Gasteiger partial charge on any atom is -0.480 e. The highest BCUT2D eigenvalue weighted by Gasteiger charge is 2.44. The van der Waals surface area contributed by atoms with E-state index in [9.17, 15) is 14.7 Å². The van der Waals surface area contributed by atoms with Crippen LogP contribution in [0.1, 0.15) is 50.7 Å². The van der Waals surface area contributed by atoms with Crippen LogP contribution in [0.4, 0.5) is 4.79 Å². The molecule has 0 aromatic heterocycles. The fourth-order valence-electron chi connectivity index (χ4n) is 5.07. The van der Waals surface area contributed by atoms with E-state index in [1.54, 1.807) is 0 Å². The average molecular weight is 408 g/mol. The molecular weight excluding hydrogens is 378 g/mol. The third-order valence-corrected chi connectivity index (χ3v) is 6.22. The largest absolute Gasteiger partial charge is 0.480 e. The number of nitrogens with zero attached hydrogens (tertiary/aromatic N) is 1. The smallest absolute Gasteiger partial charge is 0.410 e. The molecule has 1 fully saturated rings. The van der Waals surface area contributed by atoms with Crippen molar-refractivity contribution in [2.45, 2.75) is 45.6 Å². The second-order valence-electron chi connectivity index (χ2n) is 9.59. The molecule has 4 rings (SSSR count). The molecule has 5 nitrogen and oxygen atoms in total. The molecule has 1 aliphatic heterocycles. The molecule has 2 aromatic carbocycles. The van der Waals surface area contributed by atoms with Crippen LogP contribution in [-0.4, -0.2) is 41.3 Å². The molecule has 0 spiro atoms. The van der Waals surface area contributed by atoms with Crippen LogP contribution in [0.15, 0.2) is 48.5 Å². The van der Waals surface area contributed by atoms with Crippen LogP contribution in [-0.2, 0) is 9.53 Å². The summed E-state index contributed by atoms with van der Waals surface area (Å²) in [7, 11) is 0. The molecular formula is C25H29NO4. The maximum Gasteiger partial charge on any atom is 0.410 e. The van der Waals surface area contributed by atoms with Crippen molar-refractivity contribution in [2.24, 2.45) is 11.3 Å². The van der Waals surface area contributed by atoms with Gasteiger partial charge in [-0.25, -0.2) is 9.59 Å². The lowest BCUT2D eigenvalue weighted by atomic mass is 9.81. The summed E-state index contributed by atoms with van der Waals surface area (Å²) in [6.45, 7) is 6.93. The van der Waals surface area contributed by atoms with E-state index in [0.29, 0.717) is 13.0 Å². The molecule has 1 saturated heterocycles. The number of benzene rings is 2. The lowest BCUT2D eigenvalue weighted by Crippen LogP contribution is -2.44. The number of hydrogen-bond acceptors (Lipinski definition) is 3. The quantitative estimate of drug-likeness (QED) is 0.761. The van der Waals surface area contributed by atoms with Gasteiger partial charge in [-0.3, -0.25) is 4.90 Å². The summed E-state index contributed by atoms with van der Waals surface area (Å²) in [5, 5.41) is 9.79. The van der Waals surface area contributed by atoms with Crippen molar-refractivity contribution in [3.05, 3.63) is 59.7 Å². The SMILES string of the molecule is CC(C)(C)CC1CCN(C(=O)OCC2c3ccccc3-c3ccccc32)C1C(=O)O. The van der Waals surface area contributed by atoms with E-state index in [0.717, 1.165) is 17.5 Å². The van der Waals surface area contributed by atoms with Gasteiger partial charge in [0.15, 0.2) is 0 Å². The van der Waals surface area contributed by atoms with Gasteiger partial charge in [-0.2, -0.15) is 0 Å². The molecule has 2 aromatic rings. The second kappa shape index (κ2) is 7.78. The van der Waals surface area contributed by atoms with E-state index >= 15 is 0 Å². The Bertz CT molecular complexity index is 916. The number of fused-ring (bicyclic) bond motifs is 3. The number of carbonyl (C=O) groups is 2. The van der Waals surface area contributed by atoms with Crippen LogP contribution in [0.2, 0.25) is 0 Å². The highest BCUT2D eigenvalue weighted by Crippen LogP contribution is 2.44. The summed E-state index contributed by atoms with van der Waals surface area (Å²) in [6.07, 6.45) is 0.927. The van der Waals surface area contributed by atoms with Gasteiger partial charge in [-0.1, -0.05) is 69.3 Å². The Morgan fingerprint density at radius 3 is 2.13 bits per heavy atom. The van der Waals surface area contributed by atoms with Gasteiger partial charge < -0.3 is 9.84 Å². The Kier molecular flexibility index (Phi) is 5.31. The first-order valence-corrected chi connectivity index (χ1v) is 10.6. The zero-order valence-corrected chi connectivity index (χ0v) is 17.8. The normalized spacial score (nSPS) is 20.7. The Hall–Kier alpha value is -2.82. The van der Waals surface area contributed by atoms with Gasteiger partial charge in [-0.05, 0) is 46.4 Å². The van der Waals surface area contributed by atoms with Crippen molar-refractivity contribution >= 4 is 12.1 Å². The fourth-order valence-corrected chi connectivity index (χ4v) is 5.07. The summed E-state index contributed by atoms with van der Waals surface area (Å²) >= 11 is 0. The molecule has 2 unspecified atom stereocenters. The molecule has 30 heavy (non-hydrogen) atoms. The standard InChI is InChI=1S/C25H29NO4/c1-25(2,3)14-16-12-13-26(22(16)23(27)28)24(29)30-15-21-19-10-6-4-8-17(19)18-9-5-7-11-20(18)21/h4-11,16,21-22H,12-15H2,1-3H3,(H,27,28). The molecule has 2 atom stereocenters. The highest BCUT2D eigenvalue weighted by molar-refractivity contribution is 5.82. The first-order valence-electron chi connectivity index (χ1n) is 10.6. The van der Waals surface area contributed by atoms with Gasteiger partial charge in [-0.15, -0.1) is 0 Å². The molecule has 1 heterocycles. The molecule has 0 bridgehead atoms. The molecule has 1 N–H and O–H groups in total. The van der Waals surface area contributed by atoms with Crippen LogP contribution in [0.25, 0.3) is 11.1 Å². The second-order valence-corrected chi connectivity index (χ2v) is 9.59. The number of aliphatic carboxylic acids is 1. The van der Waals surface area contributed by atoms with Gasteiger partial charge in [0.2, 0.25) is 0 Å². The number of likely N-dealkylation sites (tertiary alicyclic amines) is 1. The molecule has 2 aliphatic rings.